The highest BCUT2D eigenvalue weighted by Gasteiger charge is 2.27. The lowest BCUT2D eigenvalue weighted by Gasteiger charge is -2.07. The van der Waals surface area contributed by atoms with Crippen molar-refractivity contribution in [1.82, 2.24) is 5.32 Å². The number of halogens is 1. The number of nitrogens with zero attached hydrogens (tertiary/aromatic N) is 2. The summed E-state index contributed by atoms with van der Waals surface area (Å²) >= 11 is 5.66. The Kier molecular flexibility index (Phi) is 6.07. The van der Waals surface area contributed by atoms with Gasteiger partial charge in [0, 0.05) is 18.7 Å². The molecule has 0 bridgehead atoms. The van der Waals surface area contributed by atoms with Crippen LogP contribution in [0, 0.1) is 20.2 Å². The molecule has 1 amide bonds. The number of nitrogens with one attached hydrogen (secondary N) is 1. The Labute approximate surface area is 152 Å². The number of amides is 1. The second-order valence-electron chi connectivity index (χ2n) is 5.20. The van der Waals surface area contributed by atoms with Crippen LogP contribution in [0.1, 0.15) is 15.9 Å². The zero-order chi connectivity index (χ0) is 19.3. The maximum absolute atomic E-state index is 12.2. The van der Waals surface area contributed by atoms with E-state index in [2.05, 4.69) is 5.32 Å². The molecule has 26 heavy (non-hydrogen) atoms. The highest BCUT2D eigenvalue weighted by atomic mass is 35.5. The number of ether oxygens (including phenoxy) is 1. The Morgan fingerprint density at radius 3 is 2.12 bits per heavy atom. The van der Waals surface area contributed by atoms with Gasteiger partial charge in [-0.25, -0.2) is 0 Å². The van der Waals surface area contributed by atoms with E-state index in [1.165, 1.54) is 0 Å². The summed E-state index contributed by atoms with van der Waals surface area (Å²) in [5, 5.41) is 23.9. The molecule has 0 saturated carbocycles. The van der Waals surface area contributed by atoms with Crippen molar-refractivity contribution in [2.24, 2.45) is 0 Å². The van der Waals surface area contributed by atoms with E-state index in [-0.39, 0.29) is 12.1 Å². The third-order valence-electron chi connectivity index (χ3n) is 3.55. The average Bonchev–Trinajstić information content (AvgIpc) is 2.61. The molecule has 0 fully saturated rings. The van der Waals surface area contributed by atoms with Gasteiger partial charge < -0.3 is 10.1 Å². The van der Waals surface area contributed by atoms with E-state index in [0.717, 1.165) is 17.7 Å². The van der Waals surface area contributed by atoms with Gasteiger partial charge in [-0.05, 0) is 24.1 Å². The van der Waals surface area contributed by atoms with E-state index in [9.17, 15) is 25.0 Å². The van der Waals surface area contributed by atoms with Gasteiger partial charge in [-0.2, -0.15) is 0 Å². The Hall–Kier alpha value is -3.20. The van der Waals surface area contributed by atoms with Crippen molar-refractivity contribution in [2.75, 3.05) is 13.7 Å². The first-order valence-corrected chi connectivity index (χ1v) is 7.74. The fourth-order valence-corrected chi connectivity index (χ4v) is 2.45. The zero-order valence-corrected chi connectivity index (χ0v) is 14.4. The first-order valence-electron chi connectivity index (χ1n) is 7.37. The fraction of sp³-hybridized carbons (Fsp3) is 0.188. The first kappa shape index (κ1) is 19.1. The Morgan fingerprint density at radius 2 is 1.65 bits per heavy atom. The van der Waals surface area contributed by atoms with Crippen molar-refractivity contribution < 1.29 is 19.4 Å². The predicted octanol–water partition coefficient (Wildman–Crippen LogP) is 3.14. The maximum Gasteiger partial charge on any atom is 0.295 e. The summed E-state index contributed by atoms with van der Waals surface area (Å²) in [6, 6.07) is 9.06. The molecule has 2 aromatic carbocycles. The van der Waals surface area contributed by atoms with E-state index in [1.54, 1.807) is 19.2 Å². The summed E-state index contributed by atoms with van der Waals surface area (Å²) in [6.07, 6.45) is 0.507. The fourth-order valence-electron chi connectivity index (χ4n) is 2.21. The minimum Gasteiger partial charge on any atom is -0.497 e. The van der Waals surface area contributed by atoms with Gasteiger partial charge in [0.05, 0.1) is 22.5 Å². The van der Waals surface area contributed by atoms with Gasteiger partial charge in [0.1, 0.15) is 5.75 Å². The first-order chi connectivity index (χ1) is 12.3. The summed E-state index contributed by atoms with van der Waals surface area (Å²) in [5.41, 5.74) is -0.649. The largest absolute Gasteiger partial charge is 0.497 e. The quantitative estimate of drug-likeness (QED) is 0.582. The number of hydrogen-bond acceptors (Lipinski definition) is 6. The van der Waals surface area contributed by atoms with Crippen LogP contribution >= 0.6 is 11.6 Å². The van der Waals surface area contributed by atoms with Crippen molar-refractivity contribution in [3.63, 3.8) is 0 Å². The molecule has 0 radical (unpaired) electrons. The second kappa shape index (κ2) is 8.26. The lowest BCUT2D eigenvalue weighted by molar-refractivity contribution is -0.393. The number of nitro groups is 2. The van der Waals surface area contributed by atoms with Crippen LogP contribution in [0.2, 0.25) is 5.02 Å². The number of rotatable bonds is 7. The monoisotopic (exact) mass is 379 g/mol. The summed E-state index contributed by atoms with van der Waals surface area (Å²) in [7, 11) is 1.56. The van der Waals surface area contributed by atoms with Gasteiger partial charge in [-0.3, -0.25) is 25.0 Å². The van der Waals surface area contributed by atoms with Crippen LogP contribution in [0.25, 0.3) is 0 Å². The molecule has 0 unspecified atom stereocenters. The highest BCUT2D eigenvalue weighted by molar-refractivity contribution is 6.35. The number of nitro benzene ring substituents is 2. The lowest BCUT2D eigenvalue weighted by atomic mass is 10.1. The second-order valence-corrected chi connectivity index (χ2v) is 5.57. The van der Waals surface area contributed by atoms with Crippen molar-refractivity contribution in [1.29, 1.82) is 0 Å². The molecule has 9 nitrogen and oxygen atoms in total. The standard InChI is InChI=1S/C16H14ClN3O6/c1-26-12-4-2-10(3-5-12)6-7-18-16(21)11-8-13(19(22)23)15(17)14(9-11)20(24)25/h2-5,8-9H,6-7H2,1H3,(H,18,21). The molecule has 136 valence electrons. The van der Waals surface area contributed by atoms with Gasteiger partial charge in [-0.1, -0.05) is 23.7 Å². The molecule has 2 rings (SSSR count). The van der Waals surface area contributed by atoms with Crippen LogP contribution < -0.4 is 10.1 Å². The third-order valence-corrected chi connectivity index (χ3v) is 3.94. The molecule has 0 saturated heterocycles. The van der Waals surface area contributed by atoms with E-state index < -0.39 is 32.2 Å². The van der Waals surface area contributed by atoms with Gasteiger partial charge in [0.25, 0.3) is 17.3 Å². The van der Waals surface area contributed by atoms with E-state index in [4.69, 9.17) is 16.3 Å². The van der Waals surface area contributed by atoms with E-state index in [0.29, 0.717) is 12.2 Å². The Balaban J connectivity index is 2.10. The van der Waals surface area contributed by atoms with Crippen LogP contribution in [0.3, 0.4) is 0 Å². The number of hydrogen-bond donors (Lipinski definition) is 1. The van der Waals surface area contributed by atoms with Crippen LogP contribution in [0.4, 0.5) is 11.4 Å². The summed E-state index contributed by atoms with van der Waals surface area (Å²) < 4.78 is 5.05. The lowest BCUT2D eigenvalue weighted by Crippen LogP contribution is -2.25. The third kappa shape index (κ3) is 4.45. The molecule has 0 aromatic heterocycles. The molecule has 0 aliphatic carbocycles. The zero-order valence-electron chi connectivity index (χ0n) is 13.6. The molecule has 0 atom stereocenters. The van der Waals surface area contributed by atoms with Crippen LogP contribution in [0.5, 0.6) is 5.75 Å². The van der Waals surface area contributed by atoms with Gasteiger partial charge in [0.15, 0.2) is 5.02 Å². The van der Waals surface area contributed by atoms with E-state index in [1.807, 2.05) is 12.1 Å². The van der Waals surface area contributed by atoms with Crippen LogP contribution in [0.15, 0.2) is 36.4 Å². The minimum absolute atomic E-state index is 0.206. The predicted molar refractivity (Wildman–Crippen MR) is 93.8 cm³/mol. The van der Waals surface area contributed by atoms with Crippen LogP contribution in [-0.4, -0.2) is 29.4 Å². The minimum atomic E-state index is -0.872. The topological polar surface area (TPSA) is 125 Å². The normalized spacial score (nSPS) is 10.2. The number of carbonyl (C=O) groups is 1. The van der Waals surface area contributed by atoms with Crippen molar-refractivity contribution in [2.45, 2.75) is 6.42 Å². The molecular weight excluding hydrogens is 366 g/mol. The summed E-state index contributed by atoms with van der Waals surface area (Å²) in [6.45, 7) is 0.245. The molecule has 0 spiro atoms. The van der Waals surface area contributed by atoms with Crippen molar-refractivity contribution in [3.05, 3.63) is 72.8 Å². The molecule has 2 aromatic rings. The maximum atomic E-state index is 12.2. The number of benzene rings is 2. The molecule has 1 N–H and O–H groups in total. The number of carbonyl (C=O) groups excluding carboxylic acids is 1. The average molecular weight is 380 g/mol. The number of methoxy groups -OCH3 is 1. The molecular formula is C16H14ClN3O6. The molecule has 0 aliphatic heterocycles. The SMILES string of the molecule is COc1ccc(CCNC(=O)c2cc([N+](=O)[O-])c(Cl)c([N+](=O)[O-])c2)cc1. The van der Waals surface area contributed by atoms with Gasteiger partial charge in [-0.15, -0.1) is 0 Å². The highest BCUT2D eigenvalue weighted by Crippen LogP contribution is 2.34. The van der Waals surface area contributed by atoms with Gasteiger partial charge in [0.2, 0.25) is 0 Å². The van der Waals surface area contributed by atoms with Crippen molar-refractivity contribution in [3.8, 4) is 5.75 Å². The molecule has 0 heterocycles. The summed E-state index contributed by atoms with van der Waals surface area (Å²) in [4.78, 5) is 32.4. The molecule has 10 heteroatoms. The van der Waals surface area contributed by atoms with Crippen LogP contribution in [-0.2, 0) is 6.42 Å². The summed E-state index contributed by atoms with van der Waals surface area (Å²) in [5.74, 6) is 0.0416. The van der Waals surface area contributed by atoms with E-state index >= 15 is 0 Å². The van der Waals surface area contributed by atoms with Crippen molar-refractivity contribution >= 4 is 28.9 Å². The Morgan fingerprint density at radius 1 is 1.12 bits per heavy atom. The molecule has 0 aliphatic rings. The Bertz CT molecular complexity index is 819. The smallest absolute Gasteiger partial charge is 0.295 e. The van der Waals surface area contributed by atoms with Gasteiger partial charge >= 0.3 is 0 Å².